The highest BCUT2D eigenvalue weighted by atomic mass is 32.2. The van der Waals surface area contributed by atoms with Crippen LogP contribution in [0.2, 0.25) is 0 Å². The minimum Gasteiger partial charge on any atom is -0.477 e. The van der Waals surface area contributed by atoms with E-state index in [1.54, 1.807) is 20.8 Å². The normalized spacial score (nSPS) is 11.9. The van der Waals surface area contributed by atoms with Crippen LogP contribution in [-0.4, -0.2) is 49.0 Å². The van der Waals surface area contributed by atoms with Crippen molar-refractivity contribution in [1.82, 2.24) is 4.31 Å². The zero-order valence-corrected chi connectivity index (χ0v) is 13.5. The maximum atomic E-state index is 12.5. The molecule has 0 amide bonds. The van der Waals surface area contributed by atoms with Gasteiger partial charge in [-0.15, -0.1) is 11.3 Å². The predicted octanol–water partition coefficient (Wildman–Crippen LogP) is 1.41. The predicted molar refractivity (Wildman–Crippen MR) is 76.9 cm³/mol. The van der Waals surface area contributed by atoms with Gasteiger partial charge in [-0.2, -0.15) is 4.31 Å². The topological polar surface area (TPSA) is 101 Å². The number of carboxylic acids is 1. The second-order valence-electron chi connectivity index (χ2n) is 4.40. The second kappa shape index (κ2) is 7.01. The molecule has 0 radical (unpaired) electrons. The van der Waals surface area contributed by atoms with E-state index in [1.165, 1.54) is 5.38 Å². The van der Waals surface area contributed by atoms with E-state index in [2.05, 4.69) is 0 Å². The lowest BCUT2D eigenvalue weighted by molar-refractivity contribution is -0.143. The molecular formula is C12H17NO6S2. The van der Waals surface area contributed by atoms with Gasteiger partial charge >= 0.3 is 11.9 Å². The summed E-state index contributed by atoms with van der Waals surface area (Å²) in [5, 5.41) is 10.1. The van der Waals surface area contributed by atoms with E-state index in [0.29, 0.717) is 0 Å². The van der Waals surface area contributed by atoms with Crippen LogP contribution < -0.4 is 0 Å². The van der Waals surface area contributed by atoms with Crippen molar-refractivity contribution in [3.8, 4) is 0 Å². The molecule has 0 saturated carbocycles. The first-order valence-electron chi connectivity index (χ1n) is 6.19. The largest absolute Gasteiger partial charge is 0.477 e. The molecule has 1 N–H and O–H groups in total. The van der Waals surface area contributed by atoms with E-state index in [9.17, 15) is 18.0 Å². The van der Waals surface area contributed by atoms with Crippen molar-refractivity contribution in [3.05, 3.63) is 16.3 Å². The fraction of sp³-hybridized carbons (Fsp3) is 0.500. The highest BCUT2D eigenvalue weighted by molar-refractivity contribution is 7.89. The number of ether oxygens (including phenoxy) is 1. The number of esters is 1. The number of thiophene rings is 1. The fourth-order valence-corrected chi connectivity index (χ4v) is 4.26. The number of carbonyl (C=O) groups is 2. The van der Waals surface area contributed by atoms with Gasteiger partial charge in [0.15, 0.2) is 0 Å². The Morgan fingerprint density at radius 2 is 2.05 bits per heavy atom. The zero-order valence-electron chi connectivity index (χ0n) is 11.9. The van der Waals surface area contributed by atoms with Crippen LogP contribution >= 0.6 is 11.3 Å². The molecule has 1 aromatic heterocycles. The highest BCUT2D eigenvalue weighted by Gasteiger charge is 2.30. The van der Waals surface area contributed by atoms with E-state index in [1.807, 2.05) is 0 Å². The average molecular weight is 335 g/mol. The van der Waals surface area contributed by atoms with Gasteiger partial charge in [0, 0.05) is 11.4 Å². The molecule has 0 saturated heterocycles. The van der Waals surface area contributed by atoms with Crippen LogP contribution in [0.25, 0.3) is 0 Å². The van der Waals surface area contributed by atoms with Crippen molar-refractivity contribution < 1.29 is 27.9 Å². The molecule has 0 atom stereocenters. The van der Waals surface area contributed by atoms with Gasteiger partial charge in [0.1, 0.15) is 11.4 Å². The van der Waals surface area contributed by atoms with Crippen LogP contribution in [0.1, 0.15) is 30.4 Å². The van der Waals surface area contributed by atoms with Crippen LogP contribution in [0, 0.1) is 0 Å². The molecule has 1 rings (SSSR count). The molecular weight excluding hydrogens is 318 g/mol. The third kappa shape index (κ3) is 4.26. The lowest BCUT2D eigenvalue weighted by atomic mass is 10.4. The summed E-state index contributed by atoms with van der Waals surface area (Å²) in [6, 6.07) is 0.621. The molecule has 0 aliphatic heterocycles. The molecule has 9 heteroatoms. The molecule has 118 valence electrons. The summed E-state index contributed by atoms with van der Waals surface area (Å²) in [5.41, 5.74) is 0. The Bertz CT molecular complexity index is 619. The standard InChI is InChI=1S/C12H17NO6S2/c1-4-19-11(14)6-13(8(2)3)21(17,18)9-5-10(12(15)16)20-7-9/h5,7-8H,4,6H2,1-3H3,(H,15,16). The number of carboxylic acid groups (broad SMARTS) is 1. The second-order valence-corrected chi connectivity index (χ2v) is 7.20. The van der Waals surface area contributed by atoms with Crippen LogP contribution in [-0.2, 0) is 19.6 Å². The summed E-state index contributed by atoms with van der Waals surface area (Å²) in [6.07, 6.45) is 0. The fourth-order valence-electron chi connectivity index (χ4n) is 1.58. The first-order valence-corrected chi connectivity index (χ1v) is 8.51. The van der Waals surface area contributed by atoms with Crippen molar-refractivity contribution in [3.63, 3.8) is 0 Å². The van der Waals surface area contributed by atoms with Gasteiger partial charge in [-0.25, -0.2) is 13.2 Å². The minimum absolute atomic E-state index is 0.0755. The smallest absolute Gasteiger partial charge is 0.345 e. The van der Waals surface area contributed by atoms with Crippen LogP contribution in [0.3, 0.4) is 0 Å². The Hall–Kier alpha value is -1.45. The molecule has 0 spiro atoms. The molecule has 7 nitrogen and oxygen atoms in total. The summed E-state index contributed by atoms with van der Waals surface area (Å²) < 4.78 is 30.7. The average Bonchev–Trinajstić information content (AvgIpc) is 2.86. The summed E-state index contributed by atoms with van der Waals surface area (Å²) in [4.78, 5) is 22.2. The summed E-state index contributed by atoms with van der Waals surface area (Å²) in [5.74, 6) is -1.84. The molecule has 1 aromatic rings. The number of nitrogens with zero attached hydrogens (tertiary/aromatic N) is 1. The highest BCUT2D eigenvalue weighted by Crippen LogP contribution is 2.24. The number of rotatable bonds is 7. The SMILES string of the molecule is CCOC(=O)CN(C(C)C)S(=O)(=O)c1csc(C(=O)O)c1. The molecule has 0 unspecified atom stereocenters. The Labute approximate surface area is 127 Å². The molecule has 0 aliphatic rings. The first-order chi connectivity index (χ1) is 9.70. The monoisotopic (exact) mass is 335 g/mol. The Kier molecular flexibility index (Phi) is 5.87. The third-order valence-electron chi connectivity index (χ3n) is 2.56. The number of carbonyl (C=O) groups excluding carboxylic acids is 1. The molecule has 0 aliphatic carbocycles. The molecule has 0 fully saturated rings. The summed E-state index contributed by atoms with van der Waals surface area (Å²) >= 11 is 0.821. The van der Waals surface area contributed by atoms with Crippen molar-refractivity contribution in [2.75, 3.05) is 13.2 Å². The first kappa shape index (κ1) is 17.6. The van der Waals surface area contributed by atoms with Crippen molar-refractivity contribution >= 4 is 33.3 Å². The lowest BCUT2D eigenvalue weighted by Gasteiger charge is -2.24. The van der Waals surface area contributed by atoms with E-state index >= 15 is 0 Å². The Balaban J connectivity index is 3.09. The van der Waals surface area contributed by atoms with Crippen molar-refractivity contribution in [1.29, 1.82) is 0 Å². The molecule has 0 bridgehead atoms. The minimum atomic E-state index is -3.95. The zero-order chi connectivity index (χ0) is 16.2. The number of sulfonamides is 1. The van der Waals surface area contributed by atoms with Crippen LogP contribution in [0.15, 0.2) is 16.3 Å². The number of aromatic carboxylic acids is 1. The van der Waals surface area contributed by atoms with Gasteiger partial charge in [0.05, 0.1) is 11.5 Å². The Morgan fingerprint density at radius 3 is 2.48 bits per heavy atom. The van der Waals surface area contributed by atoms with E-state index in [0.717, 1.165) is 21.7 Å². The van der Waals surface area contributed by atoms with Crippen LogP contribution in [0.5, 0.6) is 0 Å². The Morgan fingerprint density at radius 1 is 1.43 bits per heavy atom. The summed E-state index contributed by atoms with van der Waals surface area (Å²) in [6.45, 7) is 4.63. The third-order valence-corrected chi connectivity index (χ3v) is 5.63. The van der Waals surface area contributed by atoms with Gasteiger partial charge in [0.25, 0.3) is 0 Å². The van der Waals surface area contributed by atoms with Crippen molar-refractivity contribution in [2.24, 2.45) is 0 Å². The maximum Gasteiger partial charge on any atom is 0.345 e. The van der Waals surface area contributed by atoms with Gasteiger partial charge in [-0.1, -0.05) is 0 Å². The van der Waals surface area contributed by atoms with Gasteiger partial charge < -0.3 is 9.84 Å². The number of hydrogen-bond donors (Lipinski definition) is 1. The van der Waals surface area contributed by atoms with E-state index in [-0.39, 0.29) is 16.4 Å². The lowest BCUT2D eigenvalue weighted by Crippen LogP contribution is -2.41. The van der Waals surface area contributed by atoms with E-state index in [4.69, 9.17) is 9.84 Å². The quantitative estimate of drug-likeness (QED) is 0.756. The van der Waals surface area contributed by atoms with Gasteiger partial charge in [-0.3, -0.25) is 4.79 Å². The van der Waals surface area contributed by atoms with Gasteiger partial charge in [0.2, 0.25) is 10.0 Å². The summed E-state index contributed by atoms with van der Waals surface area (Å²) in [7, 11) is -3.95. The van der Waals surface area contributed by atoms with Crippen LogP contribution in [0.4, 0.5) is 0 Å². The maximum absolute atomic E-state index is 12.5. The molecule has 0 aromatic carbocycles. The molecule has 21 heavy (non-hydrogen) atoms. The molecule has 1 heterocycles. The van der Waals surface area contributed by atoms with E-state index < -0.39 is 34.5 Å². The number of hydrogen-bond acceptors (Lipinski definition) is 6. The van der Waals surface area contributed by atoms with Crippen molar-refractivity contribution in [2.45, 2.75) is 31.7 Å². The van der Waals surface area contributed by atoms with Gasteiger partial charge in [-0.05, 0) is 26.8 Å².